The number of amides is 1. The Balaban J connectivity index is 1.48. The highest BCUT2D eigenvalue weighted by Gasteiger charge is 2.21. The van der Waals surface area contributed by atoms with Crippen LogP contribution in [0, 0.1) is 5.92 Å². The van der Waals surface area contributed by atoms with Crippen LogP contribution in [0.25, 0.3) is 10.9 Å². The number of nitrogens with zero attached hydrogens (tertiary/aromatic N) is 1. The number of benzene rings is 1. The predicted octanol–water partition coefficient (Wildman–Crippen LogP) is 4.12. The van der Waals surface area contributed by atoms with E-state index in [0.29, 0.717) is 12.5 Å². The molecule has 1 fully saturated rings. The zero-order chi connectivity index (χ0) is 15.4. The van der Waals surface area contributed by atoms with Crippen LogP contribution >= 0.6 is 0 Å². The minimum absolute atomic E-state index is 0.192. The number of para-hydroxylation sites is 1. The zero-order valence-electron chi connectivity index (χ0n) is 13.4. The lowest BCUT2D eigenvalue weighted by atomic mass is 9.84. The maximum absolute atomic E-state index is 12.2. The van der Waals surface area contributed by atoms with E-state index in [9.17, 15) is 4.79 Å². The second kappa shape index (κ2) is 6.99. The largest absolute Gasteiger partial charge is 0.353 e. The van der Waals surface area contributed by atoms with E-state index in [0.717, 1.165) is 25.3 Å². The van der Waals surface area contributed by atoms with Gasteiger partial charge in [-0.25, -0.2) is 0 Å². The second-order valence-corrected chi connectivity index (χ2v) is 6.51. The van der Waals surface area contributed by atoms with Crippen molar-refractivity contribution in [2.24, 2.45) is 5.92 Å². The molecule has 1 aromatic carbocycles. The van der Waals surface area contributed by atoms with Crippen molar-refractivity contribution in [2.45, 2.75) is 58.0 Å². The van der Waals surface area contributed by atoms with E-state index in [-0.39, 0.29) is 5.91 Å². The molecule has 1 amide bonds. The number of aryl methyl sites for hydroxylation is 1. The maximum atomic E-state index is 12.2. The van der Waals surface area contributed by atoms with Crippen LogP contribution in [-0.4, -0.2) is 16.5 Å². The number of carbonyl (C=O) groups is 1. The normalized spacial score (nSPS) is 21.9. The van der Waals surface area contributed by atoms with Crippen LogP contribution in [-0.2, 0) is 11.3 Å². The van der Waals surface area contributed by atoms with E-state index in [1.807, 2.05) is 12.1 Å². The quantitative estimate of drug-likeness (QED) is 0.885. The Morgan fingerprint density at radius 3 is 2.73 bits per heavy atom. The minimum Gasteiger partial charge on any atom is -0.353 e. The third-order valence-electron chi connectivity index (χ3n) is 5.05. The number of aromatic nitrogens is 1. The van der Waals surface area contributed by atoms with Gasteiger partial charge < -0.3 is 9.88 Å². The molecule has 0 unspecified atom stereocenters. The molecule has 22 heavy (non-hydrogen) atoms. The van der Waals surface area contributed by atoms with Crippen molar-refractivity contribution in [2.75, 3.05) is 0 Å². The lowest BCUT2D eigenvalue weighted by Crippen LogP contribution is -2.37. The molecule has 3 nitrogen and oxygen atoms in total. The average Bonchev–Trinajstić information content (AvgIpc) is 2.97. The van der Waals surface area contributed by atoms with Gasteiger partial charge in [-0.1, -0.05) is 31.5 Å². The summed E-state index contributed by atoms with van der Waals surface area (Å²) >= 11 is 0. The Labute approximate surface area is 132 Å². The molecule has 1 saturated carbocycles. The Hall–Kier alpha value is -1.77. The molecule has 1 aliphatic rings. The molecule has 3 heteroatoms. The first-order valence-electron chi connectivity index (χ1n) is 8.59. The van der Waals surface area contributed by atoms with Crippen LogP contribution in [0.2, 0.25) is 0 Å². The Kier molecular flexibility index (Phi) is 4.81. The van der Waals surface area contributed by atoms with E-state index in [1.165, 1.54) is 30.2 Å². The molecule has 1 N–H and O–H groups in total. The SMILES string of the molecule is CCC1CCC(NC(=O)CCn2ccc3ccccc32)CC1. The Morgan fingerprint density at radius 1 is 1.18 bits per heavy atom. The smallest absolute Gasteiger partial charge is 0.222 e. The standard InChI is InChI=1S/C19H26N2O/c1-2-15-7-9-17(10-8-15)20-19(22)12-14-21-13-11-16-5-3-4-6-18(16)21/h3-6,11,13,15,17H,2,7-10,12,14H2,1H3,(H,20,22). The van der Waals surface area contributed by atoms with Crippen molar-refractivity contribution in [3.05, 3.63) is 36.5 Å². The van der Waals surface area contributed by atoms with Crippen LogP contribution in [0.3, 0.4) is 0 Å². The van der Waals surface area contributed by atoms with Crippen molar-refractivity contribution in [3.63, 3.8) is 0 Å². The Bertz CT molecular complexity index is 623. The fraction of sp³-hybridized carbons (Fsp3) is 0.526. The summed E-state index contributed by atoms with van der Waals surface area (Å²) in [5, 5.41) is 4.46. The lowest BCUT2D eigenvalue weighted by Gasteiger charge is -2.28. The predicted molar refractivity (Wildman–Crippen MR) is 90.7 cm³/mol. The third kappa shape index (κ3) is 3.52. The summed E-state index contributed by atoms with van der Waals surface area (Å²) in [6, 6.07) is 10.8. The first kappa shape index (κ1) is 15.1. The summed E-state index contributed by atoms with van der Waals surface area (Å²) in [7, 11) is 0. The molecule has 1 aliphatic carbocycles. The molecule has 0 atom stereocenters. The fourth-order valence-electron chi connectivity index (χ4n) is 3.57. The lowest BCUT2D eigenvalue weighted by molar-refractivity contribution is -0.122. The third-order valence-corrected chi connectivity index (χ3v) is 5.05. The molecule has 0 spiro atoms. The van der Waals surface area contributed by atoms with Gasteiger partial charge in [0.1, 0.15) is 0 Å². The van der Waals surface area contributed by atoms with Crippen LogP contribution in [0.4, 0.5) is 0 Å². The zero-order valence-corrected chi connectivity index (χ0v) is 13.4. The molecule has 118 valence electrons. The van der Waals surface area contributed by atoms with Crippen molar-refractivity contribution >= 4 is 16.8 Å². The molecule has 3 rings (SSSR count). The van der Waals surface area contributed by atoms with Gasteiger partial charge in [-0.3, -0.25) is 4.79 Å². The van der Waals surface area contributed by atoms with Gasteiger partial charge in [-0.2, -0.15) is 0 Å². The topological polar surface area (TPSA) is 34.0 Å². The van der Waals surface area contributed by atoms with Crippen LogP contribution in [0.1, 0.15) is 45.4 Å². The van der Waals surface area contributed by atoms with E-state index in [2.05, 4.69) is 41.2 Å². The average molecular weight is 298 g/mol. The summed E-state index contributed by atoms with van der Waals surface area (Å²) in [5.74, 6) is 1.07. The summed E-state index contributed by atoms with van der Waals surface area (Å²) in [5.41, 5.74) is 1.21. The first-order chi connectivity index (χ1) is 10.8. The molecule has 0 aliphatic heterocycles. The molecule has 0 saturated heterocycles. The van der Waals surface area contributed by atoms with Gasteiger partial charge in [0.2, 0.25) is 5.91 Å². The number of hydrogen-bond donors (Lipinski definition) is 1. The molecule has 2 aromatic rings. The highest BCUT2D eigenvalue weighted by Crippen LogP contribution is 2.26. The van der Waals surface area contributed by atoms with Crippen LogP contribution < -0.4 is 5.32 Å². The number of rotatable bonds is 5. The van der Waals surface area contributed by atoms with E-state index >= 15 is 0 Å². The summed E-state index contributed by atoms with van der Waals surface area (Å²) in [4.78, 5) is 12.2. The first-order valence-corrected chi connectivity index (χ1v) is 8.59. The number of nitrogens with one attached hydrogen (secondary N) is 1. The fourth-order valence-corrected chi connectivity index (χ4v) is 3.57. The Morgan fingerprint density at radius 2 is 1.95 bits per heavy atom. The maximum Gasteiger partial charge on any atom is 0.222 e. The van der Waals surface area contributed by atoms with Crippen LogP contribution in [0.5, 0.6) is 0 Å². The number of carbonyl (C=O) groups excluding carboxylic acids is 1. The number of hydrogen-bond acceptors (Lipinski definition) is 1. The summed E-state index contributed by atoms with van der Waals surface area (Å²) < 4.78 is 2.17. The van der Waals surface area contributed by atoms with Gasteiger partial charge >= 0.3 is 0 Å². The van der Waals surface area contributed by atoms with Gasteiger partial charge in [0.05, 0.1) is 0 Å². The van der Waals surface area contributed by atoms with Crippen LogP contribution in [0.15, 0.2) is 36.5 Å². The highest BCUT2D eigenvalue weighted by molar-refractivity contribution is 5.80. The van der Waals surface area contributed by atoms with Crippen molar-refractivity contribution in [1.82, 2.24) is 9.88 Å². The van der Waals surface area contributed by atoms with Crippen molar-refractivity contribution < 1.29 is 4.79 Å². The van der Waals surface area contributed by atoms with Crippen molar-refractivity contribution in [3.8, 4) is 0 Å². The van der Waals surface area contributed by atoms with Gasteiger partial charge in [-0.15, -0.1) is 0 Å². The highest BCUT2D eigenvalue weighted by atomic mass is 16.1. The van der Waals surface area contributed by atoms with Gasteiger partial charge in [0.25, 0.3) is 0 Å². The van der Waals surface area contributed by atoms with E-state index < -0.39 is 0 Å². The molecule has 0 bridgehead atoms. The van der Waals surface area contributed by atoms with E-state index in [1.54, 1.807) is 0 Å². The molecular formula is C19H26N2O. The van der Waals surface area contributed by atoms with E-state index in [4.69, 9.17) is 0 Å². The molecule has 1 aromatic heterocycles. The summed E-state index contributed by atoms with van der Waals surface area (Å²) in [6.07, 6.45) is 8.75. The molecule has 0 radical (unpaired) electrons. The monoisotopic (exact) mass is 298 g/mol. The minimum atomic E-state index is 0.192. The molecular weight excluding hydrogens is 272 g/mol. The molecule has 1 heterocycles. The van der Waals surface area contributed by atoms with Gasteiger partial charge in [0.15, 0.2) is 0 Å². The number of fused-ring (bicyclic) bond motifs is 1. The summed E-state index contributed by atoms with van der Waals surface area (Å²) in [6.45, 7) is 3.02. The van der Waals surface area contributed by atoms with Gasteiger partial charge in [0, 0.05) is 30.7 Å². The van der Waals surface area contributed by atoms with Gasteiger partial charge in [-0.05, 0) is 49.1 Å². The second-order valence-electron chi connectivity index (χ2n) is 6.51. The van der Waals surface area contributed by atoms with Crippen molar-refractivity contribution in [1.29, 1.82) is 0 Å².